The number of nitrogens with zero attached hydrogens (tertiary/aromatic N) is 1. The maximum atomic E-state index is 12.6. The third kappa shape index (κ3) is 4.37. The normalized spacial score (nSPS) is 14.8. The molecule has 0 aromatic heterocycles. The molecule has 3 N–H and O–H groups in total. The van der Waals surface area contributed by atoms with E-state index in [0.29, 0.717) is 11.4 Å². The van der Waals surface area contributed by atoms with Crippen LogP contribution in [0.25, 0.3) is 6.08 Å². The fourth-order valence-corrected chi connectivity index (χ4v) is 3.13. The van der Waals surface area contributed by atoms with E-state index in [1.807, 2.05) is 30.3 Å². The van der Waals surface area contributed by atoms with E-state index in [4.69, 9.17) is 0 Å². The number of fused-ring (bicyclic) bond motifs is 1. The summed E-state index contributed by atoms with van der Waals surface area (Å²) in [6.45, 7) is 1.49. The van der Waals surface area contributed by atoms with Crippen LogP contribution in [-0.4, -0.2) is 29.8 Å². The van der Waals surface area contributed by atoms with E-state index in [0.717, 1.165) is 11.1 Å². The van der Waals surface area contributed by atoms with Crippen LogP contribution in [0.1, 0.15) is 30.5 Å². The van der Waals surface area contributed by atoms with Crippen molar-refractivity contribution in [3.8, 4) is 0 Å². The summed E-state index contributed by atoms with van der Waals surface area (Å²) in [5.74, 6) is -0.318. The van der Waals surface area contributed by atoms with Gasteiger partial charge in [0.2, 0.25) is 11.8 Å². The summed E-state index contributed by atoms with van der Waals surface area (Å²) in [6.07, 6.45) is 3.74. The monoisotopic (exact) mass is 378 g/mol. The number of amides is 4. The van der Waals surface area contributed by atoms with Gasteiger partial charge in [-0.05, 0) is 41.5 Å². The Labute approximate surface area is 163 Å². The van der Waals surface area contributed by atoms with Crippen LogP contribution in [-0.2, 0) is 9.59 Å². The fraction of sp³-hybridized carbons (Fsp3) is 0.190. The molecule has 7 heteroatoms. The van der Waals surface area contributed by atoms with Gasteiger partial charge in [-0.2, -0.15) is 0 Å². The minimum absolute atomic E-state index is 0.117. The summed E-state index contributed by atoms with van der Waals surface area (Å²) in [6, 6.07) is 13.9. The van der Waals surface area contributed by atoms with E-state index in [1.54, 1.807) is 35.4 Å². The van der Waals surface area contributed by atoms with Gasteiger partial charge < -0.3 is 20.9 Å². The minimum atomic E-state index is -0.354. The highest BCUT2D eigenvalue weighted by Crippen LogP contribution is 2.33. The lowest BCUT2D eigenvalue weighted by Crippen LogP contribution is -2.33. The first kappa shape index (κ1) is 19.2. The average Bonchev–Trinajstić information content (AvgIpc) is 2.69. The van der Waals surface area contributed by atoms with Gasteiger partial charge in [-0.25, -0.2) is 4.79 Å². The van der Waals surface area contributed by atoms with Gasteiger partial charge in [0.15, 0.2) is 0 Å². The molecule has 0 fully saturated rings. The number of anilines is 2. The van der Waals surface area contributed by atoms with Crippen LogP contribution in [0.15, 0.2) is 54.7 Å². The third-order valence-electron chi connectivity index (χ3n) is 4.50. The Morgan fingerprint density at radius 3 is 2.25 bits per heavy atom. The molecule has 1 aliphatic rings. The molecule has 2 aromatic carbocycles. The average molecular weight is 378 g/mol. The molecule has 1 aliphatic heterocycles. The summed E-state index contributed by atoms with van der Waals surface area (Å²) in [5, 5.41) is 7.97. The predicted molar refractivity (Wildman–Crippen MR) is 109 cm³/mol. The van der Waals surface area contributed by atoms with Crippen LogP contribution >= 0.6 is 0 Å². The molecule has 1 unspecified atom stereocenters. The number of benzene rings is 2. The SMILES string of the molecule is CNC(=O)Nc1ccc(NC(=O)CC2c3ccccc3C=CN2C(C)=O)cc1. The Hall–Kier alpha value is -3.61. The summed E-state index contributed by atoms with van der Waals surface area (Å²) < 4.78 is 0. The lowest BCUT2D eigenvalue weighted by atomic mass is 9.93. The molecule has 3 rings (SSSR count). The lowest BCUT2D eigenvalue weighted by Gasteiger charge is -2.32. The first-order chi connectivity index (χ1) is 13.5. The zero-order valence-corrected chi connectivity index (χ0v) is 15.7. The molecule has 7 nitrogen and oxygen atoms in total. The molecule has 4 amide bonds. The van der Waals surface area contributed by atoms with E-state index in [1.165, 1.54) is 14.0 Å². The number of hydrogen-bond acceptors (Lipinski definition) is 3. The molecule has 1 atom stereocenters. The topological polar surface area (TPSA) is 90.5 Å². The first-order valence-corrected chi connectivity index (χ1v) is 8.92. The van der Waals surface area contributed by atoms with Crippen LogP contribution in [0, 0.1) is 0 Å². The van der Waals surface area contributed by atoms with Gasteiger partial charge in [0.05, 0.1) is 12.5 Å². The van der Waals surface area contributed by atoms with E-state index >= 15 is 0 Å². The van der Waals surface area contributed by atoms with Crippen molar-refractivity contribution < 1.29 is 14.4 Å². The Morgan fingerprint density at radius 2 is 1.61 bits per heavy atom. The molecule has 0 bridgehead atoms. The summed E-state index contributed by atoms with van der Waals surface area (Å²) >= 11 is 0. The van der Waals surface area contributed by atoms with Gasteiger partial charge in [-0.3, -0.25) is 9.59 Å². The Kier molecular flexibility index (Phi) is 5.74. The maximum absolute atomic E-state index is 12.6. The quantitative estimate of drug-likeness (QED) is 0.762. The van der Waals surface area contributed by atoms with E-state index in [-0.39, 0.29) is 30.3 Å². The van der Waals surface area contributed by atoms with E-state index in [2.05, 4.69) is 16.0 Å². The van der Waals surface area contributed by atoms with Crippen molar-refractivity contribution >= 4 is 35.3 Å². The molecule has 28 heavy (non-hydrogen) atoms. The second-order valence-corrected chi connectivity index (χ2v) is 6.42. The van der Waals surface area contributed by atoms with Crippen LogP contribution in [0.2, 0.25) is 0 Å². The maximum Gasteiger partial charge on any atom is 0.318 e. The fourth-order valence-electron chi connectivity index (χ4n) is 3.13. The Balaban J connectivity index is 1.70. The van der Waals surface area contributed by atoms with Gasteiger partial charge in [0.1, 0.15) is 0 Å². The highest BCUT2D eigenvalue weighted by molar-refractivity contribution is 5.93. The molecule has 2 aromatic rings. The first-order valence-electron chi connectivity index (χ1n) is 8.92. The predicted octanol–water partition coefficient (Wildman–Crippen LogP) is 3.34. The molecule has 0 spiro atoms. The van der Waals surface area contributed by atoms with Gasteiger partial charge in [-0.1, -0.05) is 24.3 Å². The minimum Gasteiger partial charge on any atom is -0.341 e. The molecular formula is C21H22N4O3. The lowest BCUT2D eigenvalue weighted by molar-refractivity contribution is -0.129. The van der Waals surface area contributed by atoms with Crippen molar-refractivity contribution in [2.45, 2.75) is 19.4 Å². The van der Waals surface area contributed by atoms with Crippen molar-refractivity contribution in [1.82, 2.24) is 10.2 Å². The molecule has 0 radical (unpaired) electrons. The number of urea groups is 1. The third-order valence-corrected chi connectivity index (χ3v) is 4.50. The smallest absolute Gasteiger partial charge is 0.318 e. The Bertz CT molecular complexity index is 922. The zero-order chi connectivity index (χ0) is 20.1. The summed E-state index contributed by atoms with van der Waals surface area (Å²) in [4.78, 5) is 37.5. The van der Waals surface area contributed by atoms with Crippen molar-refractivity contribution in [2.75, 3.05) is 17.7 Å². The van der Waals surface area contributed by atoms with E-state index in [9.17, 15) is 14.4 Å². The molecule has 0 saturated heterocycles. The van der Waals surface area contributed by atoms with Crippen LogP contribution in [0.5, 0.6) is 0 Å². The summed E-state index contributed by atoms with van der Waals surface area (Å²) in [7, 11) is 1.53. The van der Waals surface area contributed by atoms with Crippen LogP contribution in [0.4, 0.5) is 16.2 Å². The summed E-state index contributed by atoms with van der Waals surface area (Å²) in [5.41, 5.74) is 3.18. The zero-order valence-electron chi connectivity index (χ0n) is 15.7. The van der Waals surface area contributed by atoms with Crippen molar-refractivity contribution in [1.29, 1.82) is 0 Å². The molecule has 0 saturated carbocycles. The van der Waals surface area contributed by atoms with Gasteiger partial charge in [0, 0.05) is 31.5 Å². The molecule has 1 heterocycles. The van der Waals surface area contributed by atoms with Gasteiger partial charge in [0.25, 0.3) is 0 Å². The van der Waals surface area contributed by atoms with Crippen molar-refractivity contribution in [3.63, 3.8) is 0 Å². The van der Waals surface area contributed by atoms with Crippen molar-refractivity contribution in [2.24, 2.45) is 0 Å². The highest BCUT2D eigenvalue weighted by atomic mass is 16.2. The number of hydrogen-bond donors (Lipinski definition) is 3. The van der Waals surface area contributed by atoms with Crippen LogP contribution in [0.3, 0.4) is 0 Å². The molecule has 144 valence electrons. The number of carbonyl (C=O) groups is 3. The van der Waals surface area contributed by atoms with Crippen molar-refractivity contribution in [3.05, 3.63) is 65.9 Å². The molecular weight excluding hydrogens is 356 g/mol. The van der Waals surface area contributed by atoms with E-state index < -0.39 is 0 Å². The second kappa shape index (κ2) is 8.39. The Morgan fingerprint density at radius 1 is 0.964 bits per heavy atom. The number of rotatable bonds is 4. The van der Waals surface area contributed by atoms with Gasteiger partial charge in [-0.15, -0.1) is 0 Å². The number of nitrogens with one attached hydrogen (secondary N) is 3. The largest absolute Gasteiger partial charge is 0.341 e. The standard InChI is InChI=1S/C21H22N4O3/c1-14(26)25-12-11-15-5-3-4-6-18(15)19(25)13-20(27)23-16-7-9-17(10-8-16)24-21(28)22-2/h3-12,19H,13H2,1-2H3,(H,23,27)(H2,22,24,28). The number of carbonyl (C=O) groups excluding carboxylic acids is 3. The second-order valence-electron chi connectivity index (χ2n) is 6.42. The molecule has 0 aliphatic carbocycles. The highest BCUT2D eigenvalue weighted by Gasteiger charge is 2.28. The van der Waals surface area contributed by atoms with Gasteiger partial charge >= 0.3 is 6.03 Å². The van der Waals surface area contributed by atoms with Crippen LogP contribution < -0.4 is 16.0 Å².